The molecule has 3 rings (SSSR count). The van der Waals surface area contributed by atoms with Gasteiger partial charge in [0.1, 0.15) is 30.3 Å². The second-order valence-electron chi connectivity index (χ2n) is 5.55. The topological polar surface area (TPSA) is 62.6 Å². The summed E-state index contributed by atoms with van der Waals surface area (Å²) in [5.41, 5.74) is 2.07. The molecule has 6 heteroatoms. The van der Waals surface area contributed by atoms with Crippen LogP contribution in [0.25, 0.3) is 5.69 Å². The van der Waals surface area contributed by atoms with Crippen molar-refractivity contribution in [2.75, 3.05) is 20.3 Å². The van der Waals surface area contributed by atoms with Crippen LogP contribution in [0.2, 0.25) is 0 Å². The highest BCUT2D eigenvalue weighted by molar-refractivity contribution is 5.90. The number of nitrogens with zero attached hydrogens (tertiary/aromatic N) is 2. The first-order valence-electron chi connectivity index (χ1n) is 8.23. The highest BCUT2D eigenvalue weighted by Gasteiger charge is 2.16. The molecule has 0 aliphatic heterocycles. The predicted molar refractivity (Wildman–Crippen MR) is 97.1 cm³/mol. The normalized spacial score (nSPS) is 10.4. The molecule has 0 saturated heterocycles. The van der Waals surface area contributed by atoms with Crippen molar-refractivity contribution in [2.24, 2.45) is 0 Å². The molecule has 134 valence electrons. The zero-order valence-electron chi connectivity index (χ0n) is 14.7. The second kappa shape index (κ2) is 8.20. The number of ether oxygens (including phenoxy) is 3. The molecule has 6 nitrogen and oxygen atoms in total. The zero-order valence-corrected chi connectivity index (χ0v) is 14.7. The monoisotopic (exact) mass is 352 g/mol. The van der Waals surface area contributed by atoms with E-state index < -0.39 is 5.97 Å². The maximum Gasteiger partial charge on any atom is 0.341 e. The Balaban J connectivity index is 1.53. The molecule has 0 amide bonds. The molecule has 0 bridgehead atoms. The van der Waals surface area contributed by atoms with Gasteiger partial charge in [0, 0.05) is 0 Å². The lowest BCUT2D eigenvalue weighted by molar-refractivity contribution is 0.0449. The van der Waals surface area contributed by atoms with Crippen LogP contribution >= 0.6 is 0 Å². The third-order valence-corrected chi connectivity index (χ3v) is 3.88. The van der Waals surface area contributed by atoms with Gasteiger partial charge in [0.05, 0.1) is 24.7 Å². The van der Waals surface area contributed by atoms with Crippen molar-refractivity contribution in [3.05, 3.63) is 72.1 Å². The maximum absolute atomic E-state index is 12.3. The fourth-order valence-electron chi connectivity index (χ4n) is 2.48. The van der Waals surface area contributed by atoms with Gasteiger partial charge in [0.25, 0.3) is 0 Å². The number of hydrogen-bond acceptors (Lipinski definition) is 5. The Labute approximate surface area is 151 Å². The van der Waals surface area contributed by atoms with E-state index in [0.29, 0.717) is 11.3 Å². The highest BCUT2D eigenvalue weighted by atomic mass is 16.6. The number of rotatable bonds is 7. The SMILES string of the molecule is COc1ccc(OCCOC(=O)c2cnn(-c3ccccc3)c2C)cc1. The van der Waals surface area contributed by atoms with Crippen LogP contribution in [0.5, 0.6) is 11.5 Å². The highest BCUT2D eigenvalue weighted by Crippen LogP contribution is 2.17. The number of aromatic nitrogens is 2. The number of esters is 1. The minimum atomic E-state index is -0.414. The molecule has 3 aromatic rings. The van der Waals surface area contributed by atoms with Crippen LogP contribution in [0, 0.1) is 6.92 Å². The van der Waals surface area contributed by atoms with Crippen LogP contribution in [0.3, 0.4) is 0 Å². The lowest BCUT2D eigenvalue weighted by atomic mass is 10.2. The largest absolute Gasteiger partial charge is 0.497 e. The smallest absolute Gasteiger partial charge is 0.341 e. The number of para-hydroxylation sites is 1. The summed E-state index contributed by atoms with van der Waals surface area (Å²) in [4.78, 5) is 12.3. The summed E-state index contributed by atoms with van der Waals surface area (Å²) in [6.45, 7) is 2.26. The van der Waals surface area contributed by atoms with Crippen molar-refractivity contribution in [1.82, 2.24) is 9.78 Å². The van der Waals surface area contributed by atoms with Crippen molar-refractivity contribution in [1.29, 1.82) is 0 Å². The Hall–Kier alpha value is -3.28. The van der Waals surface area contributed by atoms with Crippen molar-refractivity contribution >= 4 is 5.97 Å². The molecule has 1 aromatic heterocycles. The molecule has 0 saturated carbocycles. The molecule has 26 heavy (non-hydrogen) atoms. The van der Waals surface area contributed by atoms with Gasteiger partial charge >= 0.3 is 5.97 Å². The van der Waals surface area contributed by atoms with Gasteiger partial charge < -0.3 is 14.2 Å². The average Bonchev–Trinajstić information content (AvgIpc) is 3.07. The number of hydrogen-bond donors (Lipinski definition) is 0. The molecule has 0 atom stereocenters. The van der Waals surface area contributed by atoms with Crippen molar-refractivity contribution in [2.45, 2.75) is 6.92 Å². The number of carbonyl (C=O) groups is 1. The minimum absolute atomic E-state index is 0.154. The van der Waals surface area contributed by atoms with Crippen molar-refractivity contribution in [3.8, 4) is 17.2 Å². The van der Waals surface area contributed by atoms with Crippen LogP contribution in [0.15, 0.2) is 60.8 Å². The molecule has 0 aliphatic rings. The fourth-order valence-corrected chi connectivity index (χ4v) is 2.48. The molecule has 0 fully saturated rings. The molecule has 2 aromatic carbocycles. The van der Waals surface area contributed by atoms with Crippen LogP contribution in [0.1, 0.15) is 16.1 Å². The average molecular weight is 352 g/mol. The molecule has 1 heterocycles. The van der Waals surface area contributed by atoms with E-state index in [0.717, 1.165) is 17.1 Å². The van der Waals surface area contributed by atoms with Crippen LogP contribution < -0.4 is 9.47 Å². The summed E-state index contributed by atoms with van der Waals surface area (Å²) >= 11 is 0. The standard InChI is InChI=1S/C20H20N2O4/c1-15-19(14-21-22(15)16-6-4-3-5-7-16)20(23)26-13-12-25-18-10-8-17(24-2)9-11-18/h3-11,14H,12-13H2,1-2H3. The van der Waals surface area contributed by atoms with E-state index in [4.69, 9.17) is 14.2 Å². The second-order valence-corrected chi connectivity index (χ2v) is 5.55. The molecule has 0 N–H and O–H groups in total. The van der Waals surface area contributed by atoms with Gasteiger partial charge in [-0.2, -0.15) is 5.10 Å². The number of methoxy groups -OCH3 is 1. The van der Waals surface area contributed by atoms with Gasteiger partial charge in [-0.05, 0) is 43.3 Å². The van der Waals surface area contributed by atoms with Crippen LogP contribution in [0.4, 0.5) is 0 Å². The van der Waals surface area contributed by atoms with Gasteiger partial charge in [-0.25, -0.2) is 9.48 Å². The molecule has 0 radical (unpaired) electrons. The Bertz CT molecular complexity index is 857. The lowest BCUT2D eigenvalue weighted by Crippen LogP contribution is -2.13. The van der Waals surface area contributed by atoms with E-state index in [1.54, 1.807) is 23.9 Å². The Morgan fingerprint density at radius 3 is 2.38 bits per heavy atom. The van der Waals surface area contributed by atoms with Crippen LogP contribution in [-0.2, 0) is 4.74 Å². The van der Waals surface area contributed by atoms with E-state index in [9.17, 15) is 4.79 Å². The van der Waals surface area contributed by atoms with E-state index in [1.165, 1.54) is 6.20 Å². The molecular formula is C20H20N2O4. The molecule has 0 aliphatic carbocycles. The quantitative estimate of drug-likeness (QED) is 0.482. The van der Waals surface area contributed by atoms with E-state index >= 15 is 0 Å². The van der Waals surface area contributed by atoms with Gasteiger partial charge in [-0.15, -0.1) is 0 Å². The summed E-state index contributed by atoms with van der Waals surface area (Å²) in [5.74, 6) is 1.03. The lowest BCUT2D eigenvalue weighted by Gasteiger charge is -2.08. The van der Waals surface area contributed by atoms with Gasteiger partial charge in [0.2, 0.25) is 0 Å². The van der Waals surface area contributed by atoms with E-state index in [1.807, 2.05) is 49.4 Å². The number of benzene rings is 2. The summed E-state index contributed by atoms with van der Waals surface area (Å²) in [5, 5.41) is 4.27. The number of carbonyl (C=O) groups excluding carboxylic acids is 1. The first kappa shape index (κ1) is 17.5. The van der Waals surface area contributed by atoms with Gasteiger partial charge in [-0.1, -0.05) is 18.2 Å². The van der Waals surface area contributed by atoms with E-state index in [-0.39, 0.29) is 13.2 Å². The predicted octanol–water partition coefficient (Wildman–Crippen LogP) is 3.43. The fraction of sp³-hybridized carbons (Fsp3) is 0.200. The third-order valence-electron chi connectivity index (χ3n) is 3.88. The van der Waals surface area contributed by atoms with Crippen molar-refractivity contribution in [3.63, 3.8) is 0 Å². The Morgan fingerprint density at radius 1 is 1.00 bits per heavy atom. The first-order chi connectivity index (χ1) is 12.7. The summed E-state index contributed by atoms with van der Waals surface area (Å²) in [6.07, 6.45) is 1.52. The third kappa shape index (κ3) is 4.03. The Kier molecular flexibility index (Phi) is 5.53. The molecular weight excluding hydrogens is 332 g/mol. The molecule has 0 unspecified atom stereocenters. The molecule has 0 spiro atoms. The van der Waals surface area contributed by atoms with Crippen LogP contribution in [-0.4, -0.2) is 36.1 Å². The van der Waals surface area contributed by atoms with Gasteiger partial charge in [0.15, 0.2) is 0 Å². The Morgan fingerprint density at radius 2 is 1.69 bits per heavy atom. The summed E-state index contributed by atoms with van der Waals surface area (Å²) in [6, 6.07) is 16.8. The first-order valence-corrected chi connectivity index (χ1v) is 8.23. The van der Waals surface area contributed by atoms with Gasteiger partial charge in [-0.3, -0.25) is 0 Å². The zero-order chi connectivity index (χ0) is 18.4. The van der Waals surface area contributed by atoms with E-state index in [2.05, 4.69) is 5.10 Å². The summed E-state index contributed by atoms with van der Waals surface area (Å²) in [7, 11) is 1.61. The maximum atomic E-state index is 12.3. The van der Waals surface area contributed by atoms with Crippen molar-refractivity contribution < 1.29 is 19.0 Å². The minimum Gasteiger partial charge on any atom is -0.497 e. The summed E-state index contributed by atoms with van der Waals surface area (Å²) < 4.78 is 17.6.